The van der Waals surface area contributed by atoms with Crippen molar-refractivity contribution in [3.8, 4) is 5.75 Å². The number of esters is 1. The van der Waals surface area contributed by atoms with Crippen molar-refractivity contribution in [2.45, 2.75) is 11.8 Å². The summed E-state index contributed by atoms with van der Waals surface area (Å²) in [5, 5.41) is 2.49. The lowest BCUT2D eigenvalue weighted by Gasteiger charge is -2.08. The van der Waals surface area contributed by atoms with Crippen molar-refractivity contribution in [1.29, 1.82) is 0 Å². The highest BCUT2D eigenvalue weighted by Crippen LogP contribution is 2.17. The molecule has 1 N–H and O–H groups in total. The highest BCUT2D eigenvalue weighted by molar-refractivity contribution is 7.92. The van der Waals surface area contributed by atoms with Gasteiger partial charge in [0.1, 0.15) is 11.5 Å². The molecule has 0 aliphatic rings. The lowest BCUT2D eigenvalue weighted by atomic mass is 10.2. The van der Waals surface area contributed by atoms with Gasteiger partial charge in [0.15, 0.2) is 9.84 Å². The lowest BCUT2D eigenvalue weighted by molar-refractivity contribution is -0.113. The molecule has 2 aromatic carbocycles. The molecule has 8 heteroatoms. The topological polar surface area (TPSA) is 98.8 Å². The SMILES string of the molecule is CCOC(=O)c1ccc(NC(=O)CS(=O)(=O)c2ccc(OC)cc2)cc1. The fourth-order valence-corrected chi connectivity index (χ4v) is 3.27. The minimum atomic E-state index is -3.78. The predicted molar refractivity (Wildman–Crippen MR) is 96.1 cm³/mol. The van der Waals surface area contributed by atoms with Crippen LogP contribution in [0.4, 0.5) is 5.69 Å². The van der Waals surface area contributed by atoms with Gasteiger partial charge < -0.3 is 14.8 Å². The van der Waals surface area contributed by atoms with Crippen LogP contribution in [0.25, 0.3) is 0 Å². The number of hydrogen-bond acceptors (Lipinski definition) is 6. The van der Waals surface area contributed by atoms with Crippen LogP contribution in [0.1, 0.15) is 17.3 Å². The molecule has 0 unspecified atom stereocenters. The summed E-state index contributed by atoms with van der Waals surface area (Å²) < 4.78 is 34.4. The van der Waals surface area contributed by atoms with Gasteiger partial charge in [0, 0.05) is 5.69 Å². The van der Waals surface area contributed by atoms with Crippen LogP contribution in [0.3, 0.4) is 0 Å². The zero-order valence-electron chi connectivity index (χ0n) is 14.4. The number of anilines is 1. The molecular weight excluding hydrogens is 358 g/mol. The Morgan fingerprint density at radius 3 is 2.15 bits per heavy atom. The highest BCUT2D eigenvalue weighted by atomic mass is 32.2. The largest absolute Gasteiger partial charge is 0.497 e. The third-order valence-electron chi connectivity index (χ3n) is 3.42. The van der Waals surface area contributed by atoms with E-state index in [1.165, 1.54) is 55.6 Å². The molecule has 0 aliphatic carbocycles. The van der Waals surface area contributed by atoms with Crippen LogP contribution in [0.2, 0.25) is 0 Å². The summed E-state index contributed by atoms with van der Waals surface area (Å²) >= 11 is 0. The van der Waals surface area contributed by atoms with Gasteiger partial charge in [-0.25, -0.2) is 13.2 Å². The molecule has 2 aromatic rings. The van der Waals surface area contributed by atoms with Crippen molar-refractivity contribution in [2.24, 2.45) is 0 Å². The minimum Gasteiger partial charge on any atom is -0.497 e. The van der Waals surface area contributed by atoms with E-state index in [0.29, 0.717) is 17.0 Å². The summed E-state index contributed by atoms with van der Waals surface area (Å²) in [6.45, 7) is 1.97. The molecule has 0 atom stereocenters. The second-order valence-corrected chi connectivity index (χ2v) is 7.27. The number of benzene rings is 2. The first kappa shape index (κ1) is 19.5. The standard InChI is InChI=1S/C18H19NO6S/c1-3-25-18(21)13-4-6-14(7-5-13)19-17(20)12-26(22,23)16-10-8-15(24-2)9-11-16/h4-11H,3,12H2,1-2H3,(H,19,20). The number of methoxy groups -OCH3 is 1. The Kier molecular flexibility index (Phi) is 6.35. The number of amides is 1. The number of carbonyl (C=O) groups excluding carboxylic acids is 2. The van der Waals surface area contributed by atoms with E-state index in [-0.39, 0.29) is 11.5 Å². The summed E-state index contributed by atoms with van der Waals surface area (Å²) in [4.78, 5) is 23.6. The number of rotatable bonds is 7. The first-order valence-corrected chi connectivity index (χ1v) is 9.45. The zero-order chi connectivity index (χ0) is 19.2. The predicted octanol–water partition coefficient (Wildman–Crippen LogP) is 2.28. The molecule has 0 bridgehead atoms. The van der Waals surface area contributed by atoms with E-state index in [9.17, 15) is 18.0 Å². The summed E-state index contributed by atoms with van der Waals surface area (Å²) in [5.41, 5.74) is 0.726. The Hall–Kier alpha value is -2.87. The van der Waals surface area contributed by atoms with E-state index >= 15 is 0 Å². The number of ether oxygens (including phenoxy) is 2. The summed E-state index contributed by atoms with van der Waals surface area (Å²) in [6.07, 6.45) is 0. The summed E-state index contributed by atoms with van der Waals surface area (Å²) in [5.74, 6) is -1.31. The average Bonchev–Trinajstić information content (AvgIpc) is 2.62. The molecular formula is C18H19NO6S. The lowest BCUT2D eigenvalue weighted by Crippen LogP contribution is -2.23. The molecule has 0 aromatic heterocycles. The Labute approximate surface area is 151 Å². The fraction of sp³-hybridized carbons (Fsp3) is 0.222. The smallest absolute Gasteiger partial charge is 0.338 e. The molecule has 0 aliphatic heterocycles. The molecule has 0 saturated carbocycles. The van der Waals surface area contributed by atoms with E-state index in [0.717, 1.165) is 0 Å². The molecule has 0 spiro atoms. The van der Waals surface area contributed by atoms with E-state index in [1.807, 2.05) is 0 Å². The minimum absolute atomic E-state index is 0.0334. The zero-order valence-corrected chi connectivity index (χ0v) is 15.2. The van der Waals surface area contributed by atoms with Crippen molar-refractivity contribution in [3.05, 3.63) is 54.1 Å². The maximum absolute atomic E-state index is 12.3. The monoisotopic (exact) mass is 377 g/mol. The summed E-state index contributed by atoms with van der Waals surface area (Å²) in [7, 11) is -2.30. The Morgan fingerprint density at radius 1 is 1.00 bits per heavy atom. The van der Waals surface area contributed by atoms with Crippen molar-refractivity contribution in [3.63, 3.8) is 0 Å². The van der Waals surface area contributed by atoms with E-state index in [1.54, 1.807) is 6.92 Å². The van der Waals surface area contributed by atoms with Gasteiger partial charge in [0.05, 0.1) is 24.2 Å². The maximum atomic E-state index is 12.3. The van der Waals surface area contributed by atoms with E-state index in [4.69, 9.17) is 9.47 Å². The van der Waals surface area contributed by atoms with E-state index in [2.05, 4.69) is 5.32 Å². The highest BCUT2D eigenvalue weighted by Gasteiger charge is 2.19. The van der Waals surface area contributed by atoms with Gasteiger partial charge in [0.2, 0.25) is 5.91 Å². The summed E-state index contributed by atoms with van der Waals surface area (Å²) in [6, 6.07) is 11.8. The van der Waals surface area contributed by atoms with Crippen LogP contribution in [0.15, 0.2) is 53.4 Å². The molecule has 7 nitrogen and oxygen atoms in total. The van der Waals surface area contributed by atoms with E-state index < -0.39 is 27.5 Å². The molecule has 0 radical (unpaired) electrons. The first-order chi connectivity index (χ1) is 12.4. The Bertz CT molecular complexity index is 873. The second kappa shape index (κ2) is 8.48. The van der Waals surface area contributed by atoms with Gasteiger partial charge in [-0.3, -0.25) is 4.79 Å². The molecule has 0 fully saturated rings. The van der Waals surface area contributed by atoms with Gasteiger partial charge in [-0.1, -0.05) is 0 Å². The number of nitrogens with one attached hydrogen (secondary N) is 1. The number of hydrogen-bond donors (Lipinski definition) is 1. The fourth-order valence-electron chi connectivity index (χ4n) is 2.14. The molecule has 0 heterocycles. The van der Waals surface area contributed by atoms with Gasteiger partial charge in [-0.2, -0.15) is 0 Å². The second-order valence-electron chi connectivity index (χ2n) is 5.28. The first-order valence-electron chi connectivity index (χ1n) is 7.79. The molecule has 2 rings (SSSR count). The molecule has 26 heavy (non-hydrogen) atoms. The van der Waals surface area contributed by atoms with Crippen LogP contribution in [0.5, 0.6) is 5.75 Å². The van der Waals surface area contributed by atoms with Crippen molar-refractivity contribution >= 4 is 27.4 Å². The third kappa shape index (κ3) is 5.06. The van der Waals surface area contributed by atoms with Crippen molar-refractivity contribution in [1.82, 2.24) is 0 Å². The molecule has 138 valence electrons. The van der Waals surface area contributed by atoms with Crippen molar-refractivity contribution < 1.29 is 27.5 Å². The molecule has 1 amide bonds. The van der Waals surface area contributed by atoms with Crippen LogP contribution in [0, 0.1) is 0 Å². The Balaban J connectivity index is 2.01. The van der Waals surface area contributed by atoms with Crippen LogP contribution < -0.4 is 10.1 Å². The van der Waals surface area contributed by atoms with Gasteiger partial charge in [-0.15, -0.1) is 0 Å². The average molecular weight is 377 g/mol. The van der Waals surface area contributed by atoms with Crippen molar-refractivity contribution in [2.75, 3.05) is 24.8 Å². The van der Waals surface area contributed by atoms with Gasteiger partial charge in [-0.05, 0) is 55.5 Å². The normalized spacial score (nSPS) is 10.8. The molecule has 0 saturated heterocycles. The van der Waals surface area contributed by atoms with Crippen LogP contribution >= 0.6 is 0 Å². The third-order valence-corrected chi connectivity index (χ3v) is 5.05. The maximum Gasteiger partial charge on any atom is 0.338 e. The van der Waals surface area contributed by atoms with Gasteiger partial charge in [0.25, 0.3) is 0 Å². The number of carbonyl (C=O) groups is 2. The van der Waals surface area contributed by atoms with Crippen LogP contribution in [-0.4, -0.2) is 39.8 Å². The van der Waals surface area contributed by atoms with Crippen LogP contribution in [-0.2, 0) is 19.4 Å². The quantitative estimate of drug-likeness (QED) is 0.743. The Morgan fingerprint density at radius 2 is 1.62 bits per heavy atom. The van der Waals surface area contributed by atoms with Gasteiger partial charge >= 0.3 is 5.97 Å². The number of sulfone groups is 1.